The van der Waals surface area contributed by atoms with Crippen LogP contribution in [0.5, 0.6) is 0 Å². The summed E-state index contributed by atoms with van der Waals surface area (Å²) in [6.07, 6.45) is 4.88. The van der Waals surface area contributed by atoms with E-state index >= 15 is 0 Å². The van der Waals surface area contributed by atoms with Crippen LogP contribution in [0.4, 0.5) is 11.6 Å². The van der Waals surface area contributed by atoms with Crippen LogP contribution in [-0.4, -0.2) is 41.1 Å². The van der Waals surface area contributed by atoms with Crippen LogP contribution in [0.2, 0.25) is 0 Å². The molecule has 1 aromatic rings. The first-order valence-corrected chi connectivity index (χ1v) is 9.29. The molecule has 2 aliphatic rings. The fourth-order valence-corrected chi connectivity index (χ4v) is 4.07. The normalized spacial score (nSPS) is 21.6. The zero-order valence-corrected chi connectivity index (χ0v) is 14.2. The van der Waals surface area contributed by atoms with Crippen molar-refractivity contribution in [3.63, 3.8) is 0 Å². The van der Waals surface area contributed by atoms with E-state index in [0.717, 1.165) is 30.4 Å². The monoisotopic (exact) mass is 306 g/mol. The molecule has 1 aromatic heterocycles. The number of rotatable bonds is 6. The molecule has 1 aliphatic heterocycles. The summed E-state index contributed by atoms with van der Waals surface area (Å²) < 4.78 is 0. The number of aromatic nitrogens is 2. The molecule has 21 heavy (non-hydrogen) atoms. The van der Waals surface area contributed by atoms with E-state index in [1.54, 1.807) is 0 Å². The second-order valence-corrected chi connectivity index (χ2v) is 7.36. The summed E-state index contributed by atoms with van der Waals surface area (Å²) in [7, 11) is 2.20. The molecular weight excluding hydrogens is 280 g/mol. The highest BCUT2D eigenvalue weighted by Gasteiger charge is 2.30. The number of hydrogen-bond donors (Lipinski definition) is 1. The molecule has 1 unspecified atom stereocenters. The third kappa shape index (κ3) is 3.28. The molecule has 0 spiro atoms. The Balaban J connectivity index is 1.90. The van der Waals surface area contributed by atoms with Crippen LogP contribution in [0, 0.1) is 6.92 Å². The van der Waals surface area contributed by atoms with Crippen LogP contribution in [0.25, 0.3) is 0 Å². The Morgan fingerprint density at radius 3 is 2.71 bits per heavy atom. The fraction of sp³-hybridized carbons (Fsp3) is 0.750. The largest absolute Gasteiger partial charge is 0.370 e. The smallest absolute Gasteiger partial charge is 0.137 e. The highest BCUT2D eigenvalue weighted by Crippen LogP contribution is 2.40. The van der Waals surface area contributed by atoms with Crippen molar-refractivity contribution in [2.45, 2.75) is 51.5 Å². The van der Waals surface area contributed by atoms with Gasteiger partial charge in [-0.05, 0) is 38.4 Å². The van der Waals surface area contributed by atoms with E-state index in [0.29, 0.717) is 12.0 Å². The fourth-order valence-electron chi connectivity index (χ4n) is 2.81. The molecule has 0 aromatic carbocycles. The van der Waals surface area contributed by atoms with E-state index < -0.39 is 0 Å². The van der Waals surface area contributed by atoms with Crippen molar-refractivity contribution in [1.82, 2.24) is 9.97 Å². The lowest BCUT2D eigenvalue weighted by Gasteiger charge is -2.27. The Bertz CT molecular complexity index is 495. The maximum absolute atomic E-state index is 4.91. The second-order valence-electron chi connectivity index (χ2n) is 6.21. The van der Waals surface area contributed by atoms with Crippen molar-refractivity contribution in [2.24, 2.45) is 0 Å². The summed E-state index contributed by atoms with van der Waals surface area (Å²) in [4.78, 5) is 12.1. The zero-order chi connectivity index (χ0) is 14.8. The van der Waals surface area contributed by atoms with Gasteiger partial charge in [0.05, 0.1) is 0 Å². The molecule has 2 heterocycles. The second kappa shape index (κ2) is 6.42. The van der Waals surface area contributed by atoms with Gasteiger partial charge in [0, 0.05) is 36.9 Å². The number of nitrogens with one attached hydrogen (secondary N) is 1. The molecule has 1 saturated carbocycles. The summed E-state index contributed by atoms with van der Waals surface area (Å²) >= 11 is 2.05. The molecule has 2 fully saturated rings. The molecule has 1 aliphatic carbocycles. The van der Waals surface area contributed by atoms with Gasteiger partial charge in [0.2, 0.25) is 0 Å². The average Bonchev–Trinajstić information content (AvgIpc) is 3.20. The van der Waals surface area contributed by atoms with E-state index in [1.165, 1.54) is 36.3 Å². The van der Waals surface area contributed by atoms with Crippen LogP contribution in [-0.2, 0) is 0 Å². The first-order chi connectivity index (χ1) is 10.2. The average molecular weight is 306 g/mol. The summed E-state index contributed by atoms with van der Waals surface area (Å²) in [5, 5.41) is 3.49. The minimum atomic E-state index is 0.595. The Morgan fingerprint density at radius 2 is 2.10 bits per heavy atom. The van der Waals surface area contributed by atoms with Crippen LogP contribution in [0.1, 0.15) is 49.9 Å². The lowest BCUT2D eigenvalue weighted by atomic mass is 10.2. The Kier molecular flexibility index (Phi) is 4.57. The predicted octanol–water partition coefficient (Wildman–Crippen LogP) is 3.43. The maximum atomic E-state index is 4.91. The molecule has 1 atom stereocenters. The van der Waals surface area contributed by atoms with E-state index in [1.807, 2.05) is 0 Å². The molecule has 0 bridgehead atoms. The highest BCUT2D eigenvalue weighted by molar-refractivity contribution is 7.99. The molecule has 1 saturated heterocycles. The predicted molar refractivity (Wildman–Crippen MR) is 91.7 cm³/mol. The van der Waals surface area contributed by atoms with E-state index in [4.69, 9.17) is 9.97 Å². The molecular formula is C16H26N4S. The van der Waals surface area contributed by atoms with Gasteiger partial charge in [0.15, 0.2) is 0 Å². The van der Waals surface area contributed by atoms with Crippen molar-refractivity contribution in [2.75, 3.05) is 35.3 Å². The topological polar surface area (TPSA) is 41.1 Å². The highest BCUT2D eigenvalue weighted by atomic mass is 32.2. The van der Waals surface area contributed by atoms with Gasteiger partial charge in [0.1, 0.15) is 17.5 Å². The molecule has 4 nitrogen and oxygen atoms in total. The summed E-state index contributed by atoms with van der Waals surface area (Å²) in [5.41, 5.74) is 1.20. The minimum Gasteiger partial charge on any atom is -0.370 e. The lowest BCUT2D eigenvalue weighted by molar-refractivity contribution is 0.684. The van der Waals surface area contributed by atoms with Gasteiger partial charge in [-0.2, -0.15) is 11.8 Å². The molecule has 0 radical (unpaired) electrons. The first kappa shape index (κ1) is 14.9. The number of hydrogen-bond acceptors (Lipinski definition) is 5. The van der Waals surface area contributed by atoms with Gasteiger partial charge in [-0.25, -0.2) is 9.97 Å². The number of anilines is 2. The quantitative estimate of drug-likeness (QED) is 0.872. The van der Waals surface area contributed by atoms with Crippen molar-refractivity contribution in [3.8, 4) is 0 Å². The first-order valence-electron chi connectivity index (χ1n) is 8.13. The SMILES string of the molecule is CCCNc1nc(C2CC2)nc(N(C)C2CCSC2)c1C. The number of nitrogens with zero attached hydrogens (tertiary/aromatic N) is 3. The van der Waals surface area contributed by atoms with Gasteiger partial charge in [-0.3, -0.25) is 0 Å². The third-order valence-electron chi connectivity index (χ3n) is 4.41. The summed E-state index contributed by atoms with van der Waals surface area (Å²) in [6, 6.07) is 0.620. The number of thioether (sulfide) groups is 1. The van der Waals surface area contributed by atoms with Crippen molar-refractivity contribution in [1.29, 1.82) is 0 Å². The minimum absolute atomic E-state index is 0.595. The lowest BCUT2D eigenvalue weighted by Crippen LogP contribution is -2.33. The van der Waals surface area contributed by atoms with Gasteiger partial charge in [-0.1, -0.05) is 6.92 Å². The Hall–Kier alpha value is -0.970. The van der Waals surface area contributed by atoms with Gasteiger partial charge in [-0.15, -0.1) is 0 Å². The molecule has 116 valence electrons. The molecule has 5 heteroatoms. The van der Waals surface area contributed by atoms with Crippen LogP contribution >= 0.6 is 11.8 Å². The summed E-state index contributed by atoms with van der Waals surface area (Å²) in [6.45, 7) is 5.32. The van der Waals surface area contributed by atoms with E-state index in [2.05, 4.69) is 42.9 Å². The van der Waals surface area contributed by atoms with Crippen LogP contribution in [0.15, 0.2) is 0 Å². The third-order valence-corrected chi connectivity index (χ3v) is 5.55. The van der Waals surface area contributed by atoms with Gasteiger partial charge >= 0.3 is 0 Å². The molecule has 3 rings (SSSR count). The Morgan fingerprint density at radius 1 is 1.29 bits per heavy atom. The van der Waals surface area contributed by atoms with E-state index in [9.17, 15) is 0 Å². The van der Waals surface area contributed by atoms with Gasteiger partial charge < -0.3 is 10.2 Å². The zero-order valence-electron chi connectivity index (χ0n) is 13.4. The van der Waals surface area contributed by atoms with Crippen LogP contribution in [0.3, 0.4) is 0 Å². The van der Waals surface area contributed by atoms with Crippen molar-refractivity contribution < 1.29 is 0 Å². The maximum Gasteiger partial charge on any atom is 0.137 e. The standard InChI is InChI=1S/C16H26N4S/c1-4-8-17-14-11(2)16(19-15(18-14)12-5-6-12)20(3)13-7-9-21-10-13/h12-13H,4-10H2,1-3H3,(H,17,18,19). The Labute approximate surface area is 132 Å². The molecule has 1 N–H and O–H groups in total. The van der Waals surface area contributed by atoms with E-state index in [-0.39, 0.29) is 0 Å². The van der Waals surface area contributed by atoms with Crippen molar-refractivity contribution >= 4 is 23.4 Å². The summed E-state index contributed by atoms with van der Waals surface area (Å²) in [5.74, 6) is 6.32. The molecule has 0 amide bonds. The van der Waals surface area contributed by atoms with Crippen LogP contribution < -0.4 is 10.2 Å². The van der Waals surface area contributed by atoms with Crippen molar-refractivity contribution in [3.05, 3.63) is 11.4 Å². The van der Waals surface area contributed by atoms with Gasteiger partial charge in [0.25, 0.3) is 0 Å².